The fraction of sp³-hybridized carbons (Fsp3) is 0.538. The Balaban J connectivity index is 2.01. The summed E-state index contributed by atoms with van der Waals surface area (Å²) in [5, 5.41) is 13.5. The average molecular weight is 375 g/mol. The van der Waals surface area contributed by atoms with E-state index < -0.39 is 5.97 Å². The molecule has 0 spiro atoms. The van der Waals surface area contributed by atoms with Crippen LogP contribution in [0.15, 0.2) is 19.9 Å². The number of aromatic nitrogens is 2. The Morgan fingerprint density at radius 3 is 2.74 bits per heavy atom. The van der Waals surface area contributed by atoms with Crippen molar-refractivity contribution >= 4 is 46.9 Å². The van der Waals surface area contributed by atoms with Crippen molar-refractivity contribution in [3.05, 3.63) is 11.3 Å². The lowest BCUT2D eigenvalue weighted by Gasteiger charge is -2.20. The number of nitrogens with one attached hydrogen (secondary N) is 2. The second-order valence-corrected chi connectivity index (χ2v) is 8.00. The van der Waals surface area contributed by atoms with Gasteiger partial charge < -0.3 is 15.4 Å². The molecule has 0 radical (unpaired) electrons. The number of carbonyl (C=O) groups excluding carboxylic acids is 2. The molecule has 2 heterocycles. The summed E-state index contributed by atoms with van der Waals surface area (Å²) < 4.78 is 6.77. The molecule has 1 aromatic heterocycles. The number of ether oxygens (including phenoxy) is 1. The van der Waals surface area contributed by atoms with Crippen LogP contribution in [0.25, 0.3) is 0 Å². The van der Waals surface area contributed by atoms with E-state index in [1.54, 1.807) is 18.7 Å². The van der Waals surface area contributed by atoms with Crippen LogP contribution in [0.5, 0.6) is 0 Å². The molecule has 0 atom stereocenters. The van der Waals surface area contributed by atoms with E-state index in [1.807, 2.05) is 0 Å². The molecular weight excluding hydrogens is 356 g/mol. The van der Waals surface area contributed by atoms with E-state index in [4.69, 9.17) is 4.74 Å². The molecule has 0 bridgehead atoms. The first-order valence-electron chi connectivity index (χ1n) is 7.17. The fourth-order valence-electron chi connectivity index (χ4n) is 1.71. The zero-order chi connectivity index (χ0) is 16.7. The fourth-order valence-corrected chi connectivity index (χ4v) is 4.64. The second-order valence-electron chi connectivity index (χ2n) is 4.46. The minimum atomic E-state index is -0.410. The van der Waals surface area contributed by atoms with E-state index in [1.165, 1.54) is 23.1 Å². The third-order valence-corrected chi connectivity index (χ3v) is 6.16. The number of hydrogen-bond donors (Lipinski definition) is 2. The van der Waals surface area contributed by atoms with Crippen LogP contribution in [0, 0.1) is 0 Å². The topological polar surface area (TPSA) is 93.2 Å². The van der Waals surface area contributed by atoms with Crippen LogP contribution >= 0.6 is 34.9 Å². The van der Waals surface area contributed by atoms with Crippen LogP contribution in [-0.2, 0) is 9.53 Å². The summed E-state index contributed by atoms with van der Waals surface area (Å²) in [6.45, 7) is 4.34. The third-order valence-electron chi connectivity index (χ3n) is 2.73. The zero-order valence-electron chi connectivity index (χ0n) is 12.9. The van der Waals surface area contributed by atoms with Gasteiger partial charge in [-0.1, -0.05) is 41.8 Å². The van der Waals surface area contributed by atoms with Crippen LogP contribution in [0.2, 0.25) is 0 Å². The predicted molar refractivity (Wildman–Crippen MR) is 91.8 cm³/mol. The second kappa shape index (κ2) is 9.14. The van der Waals surface area contributed by atoms with Crippen molar-refractivity contribution in [1.82, 2.24) is 20.8 Å². The summed E-state index contributed by atoms with van der Waals surface area (Å²) in [4.78, 5) is 23.4. The first kappa shape index (κ1) is 18.1. The van der Waals surface area contributed by atoms with E-state index in [2.05, 4.69) is 27.8 Å². The summed E-state index contributed by atoms with van der Waals surface area (Å²) in [6, 6.07) is -0.315. The monoisotopic (exact) mass is 374 g/mol. The van der Waals surface area contributed by atoms with Crippen molar-refractivity contribution in [2.24, 2.45) is 0 Å². The van der Waals surface area contributed by atoms with Crippen molar-refractivity contribution in [1.29, 1.82) is 0 Å². The molecule has 126 valence electrons. The van der Waals surface area contributed by atoms with Gasteiger partial charge in [-0.15, -0.1) is 10.2 Å². The molecule has 0 aromatic carbocycles. The molecule has 1 aliphatic rings. The summed E-state index contributed by atoms with van der Waals surface area (Å²) in [5.74, 6) is 1.04. The molecule has 10 heteroatoms. The number of thioether (sulfide) groups is 2. The lowest BCUT2D eigenvalue weighted by atomic mass is 10.2. The largest absolute Gasteiger partial charge is 0.463 e. The van der Waals surface area contributed by atoms with Crippen molar-refractivity contribution in [3.63, 3.8) is 0 Å². The van der Waals surface area contributed by atoms with Crippen LogP contribution < -0.4 is 10.6 Å². The van der Waals surface area contributed by atoms with E-state index in [-0.39, 0.29) is 12.6 Å². The first-order valence-corrected chi connectivity index (χ1v) is 9.95. The quantitative estimate of drug-likeness (QED) is 0.532. The average Bonchev–Trinajstić information content (AvgIpc) is 2.99. The van der Waals surface area contributed by atoms with Gasteiger partial charge in [0.2, 0.25) is 0 Å². The van der Waals surface area contributed by atoms with Crippen LogP contribution in [0.4, 0.5) is 4.79 Å². The predicted octanol–water partition coefficient (Wildman–Crippen LogP) is 2.26. The maximum atomic E-state index is 11.9. The molecule has 0 saturated carbocycles. The van der Waals surface area contributed by atoms with Gasteiger partial charge in [0, 0.05) is 17.2 Å². The van der Waals surface area contributed by atoms with Gasteiger partial charge in [0.25, 0.3) is 0 Å². The van der Waals surface area contributed by atoms with Crippen molar-refractivity contribution < 1.29 is 14.3 Å². The van der Waals surface area contributed by atoms with Gasteiger partial charge in [-0.3, -0.25) is 0 Å². The maximum Gasteiger partial charge on any atom is 0.337 e. The highest BCUT2D eigenvalue weighted by molar-refractivity contribution is 8.03. The van der Waals surface area contributed by atoms with Crippen LogP contribution in [0.3, 0.4) is 0 Å². The highest BCUT2D eigenvalue weighted by atomic mass is 32.2. The molecule has 0 aliphatic carbocycles. The Morgan fingerprint density at radius 2 is 2.04 bits per heavy atom. The Morgan fingerprint density at radius 1 is 1.30 bits per heavy atom. The Bertz CT molecular complexity index is 603. The molecule has 1 aliphatic heterocycles. The van der Waals surface area contributed by atoms with E-state index in [9.17, 15) is 9.59 Å². The van der Waals surface area contributed by atoms with Gasteiger partial charge in [-0.25, -0.2) is 9.59 Å². The molecular formula is C13H18N4O3S3. The molecule has 7 nitrogen and oxygen atoms in total. The number of amides is 2. The number of nitrogens with zero attached hydrogens (tertiary/aromatic N) is 2. The standard InChI is InChI=1S/C13H18N4O3S3/c1-3-5-21-12-16-17-13(23-12)22-7-9-8(10(18)20-4-2)6-14-11(19)15-9/h3-7H2,1-2H3,(H2,14,15,19). The normalized spacial score (nSPS) is 14.4. The lowest BCUT2D eigenvalue weighted by molar-refractivity contribution is -0.138. The Labute approximate surface area is 147 Å². The third kappa shape index (κ3) is 5.40. The molecule has 2 amide bonds. The molecule has 2 rings (SSSR count). The molecule has 2 N–H and O–H groups in total. The van der Waals surface area contributed by atoms with Crippen molar-refractivity contribution in [2.45, 2.75) is 28.9 Å². The van der Waals surface area contributed by atoms with Gasteiger partial charge in [0.05, 0.1) is 18.7 Å². The highest BCUT2D eigenvalue weighted by Crippen LogP contribution is 2.30. The summed E-state index contributed by atoms with van der Waals surface area (Å²) in [5.41, 5.74) is 1.01. The molecule has 0 saturated heterocycles. The Kier molecular flexibility index (Phi) is 7.18. The van der Waals surface area contributed by atoms with Gasteiger partial charge in [0.15, 0.2) is 8.68 Å². The van der Waals surface area contributed by atoms with Crippen molar-refractivity contribution in [2.75, 3.05) is 24.7 Å². The first-order chi connectivity index (χ1) is 11.1. The highest BCUT2D eigenvalue weighted by Gasteiger charge is 2.23. The minimum Gasteiger partial charge on any atom is -0.463 e. The van der Waals surface area contributed by atoms with E-state index >= 15 is 0 Å². The number of hydrogen-bond acceptors (Lipinski definition) is 8. The van der Waals surface area contributed by atoms with E-state index in [0.29, 0.717) is 23.6 Å². The molecule has 0 fully saturated rings. The summed E-state index contributed by atoms with van der Waals surface area (Å²) >= 11 is 4.65. The van der Waals surface area contributed by atoms with Gasteiger partial charge in [-0.2, -0.15) is 0 Å². The number of urea groups is 1. The number of rotatable bonds is 8. The summed E-state index contributed by atoms with van der Waals surface area (Å²) in [6.07, 6.45) is 1.08. The lowest BCUT2D eigenvalue weighted by Crippen LogP contribution is -2.44. The van der Waals surface area contributed by atoms with Crippen LogP contribution in [-0.4, -0.2) is 46.9 Å². The van der Waals surface area contributed by atoms with Gasteiger partial charge in [-0.05, 0) is 13.3 Å². The number of esters is 1. The minimum absolute atomic E-state index is 0.175. The molecule has 23 heavy (non-hydrogen) atoms. The van der Waals surface area contributed by atoms with Crippen LogP contribution in [0.1, 0.15) is 20.3 Å². The zero-order valence-corrected chi connectivity index (χ0v) is 15.3. The van der Waals surface area contributed by atoms with E-state index in [0.717, 1.165) is 20.9 Å². The maximum absolute atomic E-state index is 11.9. The van der Waals surface area contributed by atoms with Gasteiger partial charge in [0.1, 0.15) is 0 Å². The molecule has 0 unspecified atom stereocenters. The SMILES string of the molecule is CCCSc1nnc(SCC2=C(C(=O)OCC)CNC(=O)N2)s1. The molecule has 1 aromatic rings. The van der Waals surface area contributed by atoms with Gasteiger partial charge >= 0.3 is 12.0 Å². The Hall–Kier alpha value is -1.26. The summed E-state index contributed by atoms with van der Waals surface area (Å²) in [7, 11) is 0. The van der Waals surface area contributed by atoms with Crippen molar-refractivity contribution in [3.8, 4) is 0 Å². The smallest absolute Gasteiger partial charge is 0.337 e. The number of carbonyl (C=O) groups is 2.